The minimum Gasteiger partial charge on any atom is -0.399 e. The van der Waals surface area contributed by atoms with Crippen LogP contribution in [0.2, 0.25) is 0 Å². The Morgan fingerprint density at radius 1 is 0.833 bits per heavy atom. The zero-order valence-electron chi connectivity index (χ0n) is 29.8. The Kier molecular flexibility index (Phi) is 7.72. The molecule has 0 N–H and O–H groups in total. The number of rotatable bonds is 3. The van der Waals surface area contributed by atoms with Gasteiger partial charge in [-0.05, 0) is 132 Å². The Morgan fingerprint density at radius 3 is 1.95 bits per heavy atom. The Hall–Kier alpha value is -1.32. The third-order valence-corrected chi connectivity index (χ3v) is 12.4. The number of fused-ring (bicyclic) bond motifs is 2. The highest BCUT2D eigenvalue weighted by Crippen LogP contribution is 2.60. The van der Waals surface area contributed by atoms with Gasteiger partial charge in [0.25, 0.3) is 0 Å². The maximum atomic E-state index is 6.67. The molecule has 3 heteroatoms. The molecular formula is C39H61BO2. The fraction of sp³-hybridized carbons (Fsp3) is 0.744. The summed E-state index contributed by atoms with van der Waals surface area (Å²) in [4.78, 5) is 0. The van der Waals surface area contributed by atoms with Crippen LogP contribution in [0.15, 0.2) is 24.3 Å². The van der Waals surface area contributed by atoms with Gasteiger partial charge < -0.3 is 9.31 Å². The van der Waals surface area contributed by atoms with Crippen molar-refractivity contribution >= 4 is 23.4 Å². The van der Waals surface area contributed by atoms with Gasteiger partial charge in [-0.2, -0.15) is 0 Å². The molecule has 1 saturated carbocycles. The van der Waals surface area contributed by atoms with E-state index >= 15 is 0 Å². The van der Waals surface area contributed by atoms with Crippen LogP contribution in [0.1, 0.15) is 152 Å². The molecule has 1 aliphatic heterocycles. The average molecular weight is 573 g/mol. The smallest absolute Gasteiger partial charge is 0.399 e. The summed E-state index contributed by atoms with van der Waals surface area (Å²) < 4.78 is 13.3. The van der Waals surface area contributed by atoms with Crippen LogP contribution in [0.25, 0.3) is 10.8 Å². The first-order valence-electron chi connectivity index (χ1n) is 17.0. The summed E-state index contributed by atoms with van der Waals surface area (Å²) in [6, 6.07) is 10.1. The van der Waals surface area contributed by atoms with Crippen molar-refractivity contribution in [2.75, 3.05) is 0 Å². The highest BCUT2D eigenvalue weighted by molar-refractivity contribution is 6.62. The van der Waals surface area contributed by atoms with Gasteiger partial charge in [0, 0.05) is 0 Å². The van der Waals surface area contributed by atoms with Gasteiger partial charge in [0.05, 0.1) is 11.2 Å². The van der Waals surface area contributed by atoms with Gasteiger partial charge >= 0.3 is 7.12 Å². The molecule has 2 aliphatic carbocycles. The quantitative estimate of drug-likeness (QED) is 0.341. The zero-order valence-corrected chi connectivity index (χ0v) is 29.8. The maximum Gasteiger partial charge on any atom is 0.494 e. The Balaban J connectivity index is 1.77. The Morgan fingerprint density at radius 2 is 1.43 bits per heavy atom. The Bertz CT molecular complexity index is 1320. The second-order valence-corrected chi connectivity index (χ2v) is 18.9. The summed E-state index contributed by atoms with van der Waals surface area (Å²) in [5.74, 6) is 3.86. The second kappa shape index (κ2) is 10.1. The molecule has 2 nitrogen and oxygen atoms in total. The van der Waals surface area contributed by atoms with E-state index in [2.05, 4.69) is 128 Å². The molecular weight excluding hydrogens is 511 g/mol. The maximum absolute atomic E-state index is 6.67. The van der Waals surface area contributed by atoms with Crippen molar-refractivity contribution in [3.8, 4) is 0 Å². The van der Waals surface area contributed by atoms with Gasteiger partial charge in [-0.15, -0.1) is 0 Å². The van der Waals surface area contributed by atoms with Crippen molar-refractivity contribution in [3.05, 3.63) is 41.0 Å². The SMILES string of the molecule is CC1CC(C(C)(C)C)CC2c3cc(B4OC(C)(C)C(C)(C)O4)cc4cc(C(C)(C)C)cc(c34)C(CC(C)C(C)(C)C)C12. The third kappa shape index (κ3) is 5.53. The van der Waals surface area contributed by atoms with Crippen molar-refractivity contribution in [1.82, 2.24) is 0 Å². The third-order valence-electron chi connectivity index (χ3n) is 12.4. The lowest BCUT2D eigenvalue weighted by atomic mass is 9.52. The normalized spacial score (nSPS) is 30.0. The molecule has 2 fully saturated rings. The van der Waals surface area contributed by atoms with Crippen molar-refractivity contribution in [2.45, 2.75) is 152 Å². The van der Waals surface area contributed by atoms with Crippen LogP contribution in [0.4, 0.5) is 0 Å². The van der Waals surface area contributed by atoms with Crippen LogP contribution in [0, 0.1) is 34.5 Å². The number of hydrogen-bond donors (Lipinski definition) is 0. The van der Waals surface area contributed by atoms with E-state index in [9.17, 15) is 0 Å². The first-order chi connectivity index (χ1) is 19.0. The minimum atomic E-state index is -0.352. The molecule has 0 radical (unpaired) electrons. The van der Waals surface area contributed by atoms with Crippen LogP contribution >= 0.6 is 0 Å². The second-order valence-electron chi connectivity index (χ2n) is 18.9. The predicted octanol–water partition coefficient (Wildman–Crippen LogP) is 10.4. The summed E-state index contributed by atoms with van der Waals surface area (Å²) in [7, 11) is -0.339. The average Bonchev–Trinajstić information content (AvgIpc) is 3.05. The van der Waals surface area contributed by atoms with Crippen LogP contribution in [0.5, 0.6) is 0 Å². The molecule has 232 valence electrons. The van der Waals surface area contributed by atoms with E-state index in [0.717, 1.165) is 5.92 Å². The molecule has 42 heavy (non-hydrogen) atoms. The molecule has 0 spiro atoms. The van der Waals surface area contributed by atoms with Crippen molar-refractivity contribution in [2.24, 2.45) is 34.5 Å². The highest BCUT2D eigenvalue weighted by atomic mass is 16.7. The molecule has 0 aromatic heterocycles. The molecule has 2 aromatic rings. The van der Waals surface area contributed by atoms with E-state index in [1.54, 1.807) is 11.1 Å². The topological polar surface area (TPSA) is 18.5 Å². The van der Waals surface area contributed by atoms with E-state index in [1.807, 2.05) is 0 Å². The summed E-state index contributed by atoms with van der Waals surface area (Å²) in [6.07, 6.45) is 3.87. The predicted molar refractivity (Wildman–Crippen MR) is 182 cm³/mol. The lowest BCUT2D eigenvalue weighted by molar-refractivity contribution is 0.00578. The fourth-order valence-electron chi connectivity index (χ4n) is 8.25. The summed E-state index contributed by atoms with van der Waals surface area (Å²) in [6.45, 7) is 35.6. The largest absolute Gasteiger partial charge is 0.494 e. The monoisotopic (exact) mass is 572 g/mol. The van der Waals surface area contributed by atoms with Crippen molar-refractivity contribution in [1.29, 1.82) is 0 Å². The molecule has 5 rings (SSSR count). The number of hydrogen-bond acceptors (Lipinski definition) is 2. The molecule has 2 aromatic carbocycles. The highest BCUT2D eigenvalue weighted by Gasteiger charge is 2.53. The summed E-state index contributed by atoms with van der Waals surface area (Å²) in [5, 5.41) is 2.93. The fourth-order valence-corrected chi connectivity index (χ4v) is 8.25. The molecule has 3 aliphatic rings. The van der Waals surface area contributed by atoms with Crippen LogP contribution in [-0.2, 0) is 14.7 Å². The lowest BCUT2D eigenvalue weighted by Crippen LogP contribution is -2.42. The number of benzene rings is 2. The van der Waals surface area contributed by atoms with Crippen molar-refractivity contribution < 1.29 is 9.31 Å². The van der Waals surface area contributed by atoms with Crippen molar-refractivity contribution in [3.63, 3.8) is 0 Å². The Labute approximate surface area is 259 Å². The lowest BCUT2D eigenvalue weighted by Gasteiger charge is -2.52. The van der Waals surface area contributed by atoms with E-state index in [-0.39, 0.29) is 23.7 Å². The molecule has 1 saturated heterocycles. The molecule has 0 bridgehead atoms. The first kappa shape index (κ1) is 32.1. The van der Waals surface area contributed by atoms with Gasteiger partial charge in [0.15, 0.2) is 0 Å². The van der Waals surface area contributed by atoms with Gasteiger partial charge in [0.1, 0.15) is 0 Å². The minimum absolute atomic E-state index is 0.0811. The van der Waals surface area contributed by atoms with Gasteiger partial charge in [-0.3, -0.25) is 0 Å². The molecule has 6 unspecified atom stereocenters. The van der Waals surface area contributed by atoms with Crippen LogP contribution in [-0.4, -0.2) is 18.3 Å². The standard InChI is InChI=1S/C39H61BO2/c1-23-16-26(36(6,7)8)20-30-32-22-28(40-41-38(12,13)39(14,15)42-40)19-25-18-27(37(9,10)11)21-31(34(25)32)29(33(23)30)17-24(2)35(3,4)5/h18-19,21-24,26,29-30,33H,16-17,20H2,1-15H3. The molecule has 1 heterocycles. The summed E-state index contributed by atoms with van der Waals surface area (Å²) >= 11 is 0. The van der Waals surface area contributed by atoms with Crippen LogP contribution < -0.4 is 5.46 Å². The first-order valence-corrected chi connectivity index (χ1v) is 17.0. The summed E-state index contributed by atoms with van der Waals surface area (Å²) in [5.41, 5.74) is 5.81. The van der Waals surface area contributed by atoms with E-state index in [0.29, 0.717) is 40.4 Å². The molecule has 0 amide bonds. The molecule has 6 atom stereocenters. The van der Waals surface area contributed by atoms with Crippen LogP contribution in [0.3, 0.4) is 0 Å². The van der Waals surface area contributed by atoms with E-state index in [1.165, 1.54) is 41.1 Å². The van der Waals surface area contributed by atoms with Gasteiger partial charge in [0.2, 0.25) is 0 Å². The van der Waals surface area contributed by atoms with Gasteiger partial charge in [-0.1, -0.05) is 100 Å². The van der Waals surface area contributed by atoms with E-state index < -0.39 is 0 Å². The zero-order chi connectivity index (χ0) is 31.4. The van der Waals surface area contributed by atoms with E-state index in [4.69, 9.17) is 9.31 Å². The van der Waals surface area contributed by atoms with Gasteiger partial charge in [-0.25, -0.2) is 0 Å².